The van der Waals surface area contributed by atoms with Crippen molar-refractivity contribution in [1.29, 1.82) is 0 Å². The van der Waals surface area contributed by atoms with E-state index in [9.17, 15) is 4.79 Å². The van der Waals surface area contributed by atoms with Gasteiger partial charge in [-0.25, -0.2) is 4.98 Å². The summed E-state index contributed by atoms with van der Waals surface area (Å²) >= 11 is 5.91. The first-order chi connectivity index (χ1) is 9.65. The maximum atomic E-state index is 12.4. The van der Waals surface area contributed by atoms with Gasteiger partial charge in [-0.3, -0.25) is 9.36 Å². The Hall–Kier alpha value is -2.13. The molecule has 0 unspecified atom stereocenters. The summed E-state index contributed by atoms with van der Waals surface area (Å²) in [6, 6.07) is 13.2. The van der Waals surface area contributed by atoms with E-state index < -0.39 is 0 Å². The molecule has 0 saturated heterocycles. The van der Waals surface area contributed by atoms with Gasteiger partial charge in [0.15, 0.2) is 0 Å². The van der Waals surface area contributed by atoms with Crippen molar-refractivity contribution in [3.63, 3.8) is 0 Å². The summed E-state index contributed by atoms with van der Waals surface area (Å²) < 4.78 is 1.62. The number of nitrogens with zero attached hydrogens (tertiary/aromatic N) is 2. The van der Waals surface area contributed by atoms with Gasteiger partial charge in [0.05, 0.1) is 23.8 Å². The fourth-order valence-corrected chi connectivity index (χ4v) is 2.38. The highest BCUT2D eigenvalue weighted by Gasteiger charge is 2.06. The second-order valence-corrected chi connectivity index (χ2v) is 5.20. The number of benzene rings is 2. The average molecular weight is 285 g/mol. The van der Waals surface area contributed by atoms with Gasteiger partial charge in [-0.1, -0.05) is 35.9 Å². The van der Waals surface area contributed by atoms with Gasteiger partial charge in [0, 0.05) is 5.02 Å². The van der Waals surface area contributed by atoms with Crippen LogP contribution in [0.3, 0.4) is 0 Å². The van der Waals surface area contributed by atoms with Crippen LogP contribution in [-0.2, 0) is 6.54 Å². The molecule has 1 aromatic heterocycles. The van der Waals surface area contributed by atoms with Crippen LogP contribution in [-0.4, -0.2) is 9.55 Å². The van der Waals surface area contributed by atoms with E-state index in [-0.39, 0.29) is 5.56 Å². The molecule has 100 valence electrons. The lowest BCUT2D eigenvalue weighted by molar-refractivity contribution is 0.744. The minimum atomic E-state index is -0.0464. The predicted molar refractivity (Wildman–Crippen MR) is 81.3 cm³/mol. The van der Waals surface area contributed by atoms with Crippen LogP contribution in [0.4, 0.5) is 0 Å². The lowest BCUT2D eigenvalue weighted by Crippen LogP contribution is -2.21. The zero-order valence-corrected chi connectivity index (χ0v) is 11.8. The topological polar surface area (TPSA) is 34.9 Å². The standard InChI is InChI=1S/C16H13ClN2O/c1-11-4-2-3-5-12(11)9-19-10-18-15-8-13(17)6-7-14(15)16(19)20/h2-8,10H,9H2,1H3. The summed E-state index contributed by atoms with van der Waals surface area (Å²) in [6.45, 7) is 2.56. The van der Waals surface area contributed by atoms with Crippen LogP contribution in [0.25, 0.3) is 10.9 Å². The Morgan fingerprint density at radius 3 is 2.80 bits per heavy atom. The minimum Gasteiger partial charge on any atom is -0.294 e. The molecule has 20 heavy (non-hydrogen) atoms. The van der Waals surface area contributed by atoms with Crippen molar-refractivity contribution >= 4 is 22.5 Å². The zero-order chi connectivity index (χ0) is 14.1. The third-order valence-electron chi connectivity index (χ3n) is 3.39. The molecule has 3 nitrogen and oxygen atoms in total. The molecule has 0 atom stereocenters. The second kappa shape index (κ2) is 5.10. The van der Waals surface area contributed by atoms with Crippen molar-refractivity contribution in [2.45, 2.75) is 13.5 Å². The van der Waals surface area contributed by atoms with Gasteiger partial charge in [-0.2, -0.15) is 0 Å². The average Bonchev–Trinajstić information content (AvgIpc) is 2.44. The Labute approximate surface area is 121 Å². The van der Waals surface area contributed by atoms with Gasteiger partial charge in [-0.15, -0.1) is 0 Å². The van der Waals surface area contributed by atoms with Crippen molar-refractivity contribution in [2.24, 2.45) is 0 Å². The van der Waals surface area contributed by atoms with E-state index in [0.717, 1.165) is 11.1 Å². The van der Waals surface area contributed by atoms with Crippen molar-refractivity contribution in [3.8, 4) is 0 Å². The summed E-state index contributed by atoms with van der Waals surface area (Å²) in [5.41, 5.74) is 2.86. The van der Waals surface area contributed by atoms with Gasteiger partial charge in [0.1, 0.15) is 0 Å². The Morgan fingerprint density at radius 1 is 1.20 bits per heavy atom. The predicted octanol–water partition coefficient (Wildman–Crippen LogP) is 3.41. The molecule has 3 aromatic rings. The molecule has 2 aromatic carbocycles. The fourth-order valence-electron chi connectivity index (χ4n) is 2.22. The Bertz CT molecular complexity index is 839. The Morgan fingerprint density at radius 2 is 2.00 bits per heavy atom. The summed E-state index contributed by atoms with van der Waals surface area (Å²) in [4.78, 5) is 16.7. The van der Waals surface area contributed by atoms with E-state index in [1.807, 2.05) is 31.2 Å². The molecular weight excluding hydrogens is 272 g/mol. The molecular formula is C16H13ClN2O. The molecule has 0 radical (unpaired) electrons. The lowest BCUT2D eigenvalue weighted by Gasteiger charge is -2.09. The van der Waals surface area contributed by atoms with Crippen LogP contribution in [0.1, 0.15) is 11.1 Å². The molecule has 0 N–H and O–H groups in total. The van der Waals surface area contributed by atoms with E-state index in [2.05, 4.69) is 4.98 Å². The lowest BCUT2D eigenvalue weighted by atomic mass is 10.1. The molecule has 0 spiro atoms. The minimum absolute atomic E-state index is 0.0464. The van der Waals surface area contributed by atoms with E-state index >= 15 is 0 Å². The van der Waals surface area contributed by atoms with Crippen LogP contribution >= 0.6 is 11.6 Å². The molecule has 0 aliphatic rings. The molecule has 0 amide bonds. The van der Waals surface area contributed by atoms with Crippen molar-refractivity contribution in [1.82, 2.24) is 9.55 Å². The molecule has 4 heteroatoms. The molecule has 0 saturated carbocycles. The van der Waals surface area contributed by atoms with E-state index in [1.165, 1.54) is 0 Å². The number of hydrogen-bond acceptors (Lipinski definition) is 2. The highest BCUT2D eigenvalue weighted by atomic mass is 35.5. The summed E-state index contributed by atoms with van der Waals surface area (Å²) in [5.74, 6) is 0. The Balaban J connectivity index is 2.09. The number of rotatable bonds is 2. The maximum absolute atomic E-state index is 12.4. The van der Waals surface area contributed by atoms with E-state index in [0.29, 0.717) is 22.5 Å². The largest absolute Gasteiger partial charge is 0.294 e. The van der Waals surface area contributed by atoms with Crippen LogP contribution in [0.5, 0.6) is 0 Å². The monoisotopic (exact) mass is 284 g/mol. The summed E-state index contributed by atoms with van der Waals surface area (Å²) in [5, 5.41) is 1.17. The molecule has 0 aliphatic carbocycles. The SMILES string of the molecule is Cc1ccccc1Cn1cnc2cc(Cl)ccc2c1=O. The van der Waals surface area contributed by atoms with Crippen LogP contribution in [0, 0.1) is 6.92 Å². The highest BCUT2D eigenvalue weighted by Crippen LogP contribution is 2.15. The van der Waals surface area contributed by atoms with Crippen LogP contribution in [0.2, 0.25) is 5.02 Å². The van der Waals surface area contributed by atoms with E-state index in [4.69, 9.17) is 11.6 Å². The van der Waals surface area contributed by atoms with Gasteiger partial charge < -0.3 is 0 Å². The van der Waals surface area contributed by atoms with Gasteiger partial charge >= 0.3 is 0 Å². The molecule has 1 heterocycles. The van der Waals surface area contributed by atoms with Crippen molar-refractivity contribution < 1.29 is 0 Å². The zero-order valence-electron chi connectivity index (χ0n) is 11.0. The third-order valence-corrected chi connectivity index (χ3v) is 3.62. The highest BCUT2D eigenvalue weighted by molar-refractivity contribution is 6.31. The number of aromatic nitrogens is 2. The first kappa shape index (κ1) is 12.9. The maximum Gasteiger partial charge on any atom is 0.261 e. The summed E-state index contributed by atoms with van der Waals surface area (Å²) in [6.07, 6.45) is 1.58. The third kappa shape index (κ3) is 2.32. The number of aryl methyl sites for hydroxylation is 1. The quantitative estimate of drug-likeness (QED) is 0.723. The van der Waals surface area contributed by atoms with Crippen LogP contribution in [0.15, 0.2) is 53.6 Å². The molecule has 0 aliphatic heterocycles. The first-order valence-electron chi connectivity index (χ1n) is 6.34. The van der Waals surface area contributed by atoms with Crippen molar-refractivity contribution in [2.75, 3.05) is 0 Å². The normalized spacial score (nSPS) is 10.9. The smallest absolute Gasteiger partial charge is 0.261 e. The van der Waals surface area contributed by atoms with Crippen molar-refractivity contribution in [3.05, 3.63) is 75.3 Å². The Kier molecular flexibility index (Phi) is 3.28. The number of halogens is 1. The molecule has 0 fully saturated rings. The van der Waals surface area contributed by atoms with Gasteiger partial charge in [0.2, 0.25) is 0 Å². The number of hydrogen-bond donors (Lipinski definition) is 0. The first-order valence-corrected chi connectivity index (χ1v) is 6.72. The molecule has 3 rings (SSSR count). The summed E-state index contributed by atoms with van der Waals surface area (Å²) in [7, 11) is 0. The van der Waals surface area contributed by atoms with Gasteiger partial charge in [-0.05, 0) is 36.2 Å². The number of fused-ring (bicyclic) bond motifs is 1. The van der Waals surface area contributed by atoms with E-state index in [1.54, 1.807) is 29.1 Å². The van der Waals surface area contributed by atoms with Gasteiger partial charge in [0.25, 0.3) is 5.56 Å². The molecule has 0 bridgehead atoms. The fraction of sp³-hybridized carbons (Fsp3) is 0.125. The van der Waals surface area contributed by atoms with Crippen LogP contribution < -0.4 is 5.56 Å². The second-order valence-electron chi connectivity index (χ2n) is 4.77.